The van der Waals surface area contributed by atoms with Crippen LogP contribution in [-0.4, -0.2) is 44.2 Å². The molecule has 0 saturated carbocycles. The highest BCUT2D eigenvalue weighted by Crippen LogP contribution is 2.39. The van der Waals surface area contributed by atoms with Gasteiger partial charge >= 0.3 is 6.03 Å². The lowest BCUT2D eigenvalue weighted by Crippen LogP contribution is -2.48. The fourth-order valence-electron chi connectivity index (χ4n) is 3.52. The third-order valence-electron chi connectivity index (χ3n) is 5.12. The Morgan fingerprint density at radius 2 is 1.74 bits per heavy atom. The average Bonchev–Trinajstić information content (AvgIpc) is 2.57. The number of hydrogen-bond donors (Lipinski definition) is 2. The molecule has 6 heteroatoms. The number of nitrogens with zero attached hydrogens (tertiary/aromatic N) is 1. The minimum atomic E-state index is 0. The highest BCUT2D eigenvalue weighted by Gasteiger charge is 2.36. The third kappa shape index (κ3) is 4.30. The Hall–Kier alpha value is -1.46. The van der Waals surface area contributed by atoms with Gasteiger partial charge in [0, 0.05) is 18.8 Å². The van der Waals surface area contributed by atoms with Gasteiger partial charge in [-0.3, -0.25) is 0 Å². The van der Waals surface area contributed by atoms with Gasteiger partial charge in [-0.25, -0.2) is 4.79 Å². The largest absolute Gasteiger partial charge is 0.497 e. The smallest absolute Gasteiger partial charge is 0.321 e. The van der Waals surface area contributed by atoms with Crippen molar-refractivity contribution >= 4 is 24.1 Å². The molecule has 2 fully saturated rings. The molecule has 0 radical (unpaired) electrons. The van der Waals surface area contributed by atoms with Gasteiger partial charge in [0.05, 0.1) is 7.11 Å². The van der Waals surface area contributed by atoms with Crippen molar-refractivity contribution in [2.75, 3.05) is 38.6 Å². The zero-order valence-electron chi connectivity index (χ0n) is 13.6. The first-order valence-electron chi connectivity index (χ1n) is 8.12. The van der Waals surface area contributed by atoms with Crippen LogP contribution in [0.1, 0.15) is 25.7 Å². The van der Waals surface area contributed by atoms with Crippen molar-refractivity contribution in [3.05, 3.63) is 24.3 Å². The van der Waals surface area contributed by atoms with Gasteiger partial charge in [0.1, 0.15) is 5.75 Å². The minimum absolute atomic E-state index is 0. The predicted octanol–water partition coefficient (Wildman–Crippen LogP) is 3.11. The topological polar surface area (TPSA) is 53.6 Å². The number of carbonyl (C=O) groups is 1. The molecule has 0 bridgehead atoms. The molecule has 2 aliphatic rings. The van der Waals surface area contributed by atoms with E-state index in [0.29, 0.717) is 5.41 Å². The normalized spacial score (nSPS) is 19.8. The lowest BCUT2D eigenvalue weighted by atomic mass is 9.72. The highest BCUT2D eigenvalue weighted by molar-refractivity contribution is 5.89. The number of hydrogen-bond acceptors (Lipinski definition) is 3. The van der Waals surface area contributed by atoms with Crippen LogP contribution in [0.3, 0.4) is 0 Å². The van der Waals surface area contributed by atoms with Gasteiger partial charge in [0.25, 0.3) is 0 Å². The number of halogens is 1. The van der Waals surface area contributed by atoms with Gasteiger partial charge < -0.3 is 20.3 Å². The van der Waals surface area contributed by atoms with E-state index in [9.17, 15) is 4.79 Å². The lowest BCUT2D eigenvalue weighted by molar-refractivity contribution is 0.0915. The number of rotatable bonds is 2. The van der Waals surface area contributed by atoms with Crippen molar-refractivity contribution in [3.8, 4) is 5.75 Å². The lowest BCUT2D eigenvalue weighted by Gasteiger charge is -2.44. The number of ether oxygens (including phenoxy) is 1. The first-order valence-corrected chi connectivity index (χ1v) is 8.12. The maximum atomic E-state index is 12.4. The number of piperidine rings is 2. The Balaban J connectivity index is 0.00000192. The van der Waals surface area contributed by atoms with Crippen molar-refractivity contribution in [2.24, 2.45) is 5.41 Å². The molecule has 3 rings (SSSR count). The molecule has 0 aromatic heterocycles. The average molecular weight is 340 g/mol. The molecule has 5 nitrogen and oxygen atoms in total. The first-order chi connectivity index (χ1) is 10.7. The summed E-state index contributed by atoms with van der Waals surface area (Å²) in [5.74, 6) is 0.795. The maximum absolute atomic E-state index is 12.4. The molecule has 2 amide bonds. The van der Waals surface area contributed by atoms with Gasteiger partial charge in [-0.2, -0.15) is 0 Å². The minimum Gasteiger partial charge on any atom is -0.497 e. The van der Waals surface area contributed by atoms with Gasteiger partial charge in [0.2, 0.25) is 0 Å². The third-order valence-corrected chi connectivity index (χ3v) is 5.12. The van der Waals surface area contributed by atoms with Crippen LogP contribution >= 0.6 is 12.4 Å². The van der Waals surface area contributed by atoms with Crippen LogP contribution in [0.15, 0.2) is 24.3 Å². The number of amides is 2. The molecular formula is C17H26ClN3O2. The number of benzene rings is 1. The van der Waals surface area contributed by atoms with Crippen LogP contribution in [-0.2, 0) is 0 Å². The van der Waals surface area contributed by atoms with Crippen molar-refractivity contribution in [2.45, 2.75) is 25.7 Å². The molecule has 2 N–H and O–H groups in total. The molecule has 2 heterocycles. The zero-order chi connectivity index (χ0) is 15.4. The van der Waals surface area contributed by atoms with Crippen LogP contribution < -0.4 is 15.4 Å². The van der Waals surface area contributed by atoms with Crippen molar-refractivity contribution in [1.82, 2.24) is 10.2 Å². The number of anilines is 1. The summed E-state index contributed by atoms with van der Waals surface area (Å²) >= 11 is 0. The quantitative estimate of drug-likeness (QED) is 0.870. The van der Waals surface area contributed by atoms with Gasteiger partial charge in [0.15, 0.2) is 0 Å². The van der Waals surface area contributed by atoms with E-state index in [1.54, 1.807) is 7.11 Å². The second-order valence-electron chi connectivity index (χ2n) is 6.40. The molecule has 1 aromatic carbocycles. The monoisotopic (exact) mass is 339 g/mol. The van der Waals surface area contributed by atoms with Crippen LogP contribution in [0, 0.1) is 5.41 Å². The molecule has 0 atom stereocenters. The van der Waals surface area contributed by atoms with E-state index in [0.717, 1.165) is 50.5 Å². The summed E-state index contributed by atoms with van der Waals surface area (Å²) in [6, 6.07) is 7.46. The maximum Gasteiger partial charge on any atom is 0.321 e. The van der Waals surface area contributed by atoms with Gasteiger partial charge in [-0.05, 0) is 68.5 Å². The summed E-state index contributed by atoms with van der Waals surface area (Å²) in [5.41, 5.74) is 1.29. The number of nitrogens with one attached hydrogen (secondary N) is 2. The Morgan fingerprint density at radius 3 is 2.30 bits per heavy atom. The molecule has 1 spiro atoms. The summed E-state index contributed by atoms with van der Waals surface area (Å²) in [6.07, 6.45) is 4.76. The number of carbonyl (C=O) groups excluding carboxylic acids is 1. The zero-order valence-corrected chi connectivity index (χ0v) is 14.5. The molecule has 0 aliphatic carbocycles. The Bertz CT molecular complexity index is 505. The van der Waals surface area contributed by atoms with Gasteiger partial charge in [-0.15, -0.1) is 12.4 Å². The van der Waals surface area contributed by atoms with E-state index in [2.05, 4.69) is 10.6 Å². The fourth-order valence-corrected chi connectivity index (χ4v) is 3.52. The van der Waals surface area contributed by atoms with Crippen LogP contribution in [0.4, 0.5) is 10.5 Å². The van der Waals surface area contributed by atoms with E-state index >= 15 is 0 Å². The van der Waals surface area contributed by atoms with E-state index in [1.807, 2.05) is 29.2 Å². The number of likely N-dealkylation sites (tertiary alicyclic amines) is 1. The van der Waals surface area contributed by atoms with E-state index in [4.69, 9.17) is 4.74 Å². The second-order valence-corrected chi connectivity index (χ2v) is 6.40. The summed E-state index contributed by atoms with van der Waals surface area (Å²) in [7, 11) is 1.64. The van der Waals surface area contributed by atoms with Crippen molar-refractivity contribution in [3.63, 3.8) is 0 Å². The summed E-state index contributed by atoms with van der Waals surface area (Å²) < 4.78 is 5.13. The Kier molecular flexibility index (Phi) is 6.13. The van der Waals surface area contributed by atoms with E-state index < -0.39 is 0 Å². The molecule has 128 valence electrons. The Morgan fingerprint density at radius 1 is 1.13 bits per heavy atom. The molecular weight excluding hydrogens is 314 g/mol. The fraction of sp³-hybridized carbons (Fsp3) is 0.588. The van der Waals surface area contributed by atoms with Crippen molar-refractivity contribution in [1.29, 1.82) is 0 Å². The molecule has 1 aromatic rings. The van der Waals surface area contributed by atoms with Crippen molar-refractivity contribution < 1.29 is 9.53 Å². The van der Waals surface area contributed by atoms with Gasteiger partial charge in [-0.1, -0.05) is 0 Å². The highest BCUT2D eigenvalue weighted by atomic mass is 35.5. The molecule has 23 heavy (non-hydrogen) atoms. The molecule has 2 aliphatic heterocycles. The number of urea groups is 1. The summed E-state index contributed by atoms with van der Waals surface area (Å²) in [4.78, 5) is 14.3. The van der Waals surface area contributed by atoms with E-state index in [1.165, 1.54) is 12.8 Å². The molecule has 2 saturated heterocycles. The first kappa shape index (κ1) is 17.9. The predicted molar refractivity (Wildman–Crippen MR) is 94.6 cm³/mol. The Labute approximate surface area is 144 Å². The van der Waals surface area contributed by atoms with E-state index in [-0.39, 0.29) is 18.4 Å². The standard InChI is InChI=1S/C17H25N3O2.ClH/c1-22-15-4-2-14(3-5-15)19-16(21)20-12-8-17(9-13-20)6-10-18-11-7-17;/h2-5,18H,6-13H2,1H3,(H,19,21);1H. The SMILES string of the molecule is COc1ccc(NC(=O)N2CCC3(CCNCC3)CC2)cc1.Cl. The molecule has 0 unspecified atom stereocenters. The van der Waals surface area contributed by atoms with Crippen LogP contribution in [0.2, 0.25) is 0 Å². The summed E-state index contributed by atoms with van der Waals surface area (Å²) in [6.45, 7) is 3.97. The second kappa shape index (κ2) is 7.88. The number of methoxy groups -OCH3 is 1. The van der Waals surface area contributed by atoms with Crippen LogP contribution in [0.25, 0.3) is 0 Å². The summed E-state index contributed by atoms with van der Waals surface area (Å²) in [5, 5.41) is 6.40. The van der Waals surface area contributed by atoms with Crippen LogP contribution in [0.5, 0.6) is 5.75 Å².